The van der Waals surface area contributed by atoms with Crippen molar-refractivity contribution < 1.29 is 4.74 Å². The second-order valence-corrected chi connectivity index (χ2v) is 5.74. The minimum Gasteiger partial charge on any atom is -0.485 e. The van der Waals surface area contributed by atoms with E-state index in [0.717, 1.165) is 37.7 Å². The zero-order valence-corrected chi connectivity index (χ0v) is 12.8. The molecule has 1 aromatic heterocycles. The first kappa shape index (κ1) is 15.0. The molecular weight excluding hydrogens is 278 g/mol. The summed E-state index contributed by atoms with van der Waals surface area (Å²) in [6, 6.07) is 9.70. The van der Waals surface area contributed by atoms with Crippen molar-refractivity contribution in [1.29, 1.82) is 0 Å². The highest BCUT2D eigenvalue weighted by Gasteiger charge is 2.12. The van der Waals surface area contributed by atoms with Gasteiger partial charge < -0.3 is 10.1 Å². The van der Waals surface area contributed by atoms with Gasteiger partial charge in [-0.15, -0.1) is 10.2 Å². The molecule has 1 aromatic carbocycles. The molecule has 0 bridgehead atoms. The maximum atomic E-state index is 5.63. The van der Waals surface area contributed by atoms with E-state index in [9.17, 15) is 0 Å². The lowest BCUT2D eigenvalue weighted by Gasteiger charge is -2.12. The number of tetrazole rings is 1. The van der Waals surface area contributed by atoms with Gasteiger partial charge in [0.05, 0.1) is 6.54 Å². The number of benzene rings is 1. The molecular formula is C16H23N5O. The summed E-state index contributed by atoms with van der Waals surface area (Å²) in [6.45, 7) is 3.48. The van der Waals surface area contributed by atoms with Crippen molar-refractivity contribution in [2.75, 3.05) is 13.1 Å². The number of nitrogens with zero attached hydrogens (tertiary/aromatic N) is 4. The molecule has 22 heavy (non-hydrogen) atoms. The van der Waals surface area contributed by atoms with Gasteiger partial charge in [-0.3, -0.25) is 0 Å². The van der Waals surface area contributed by atoms with Crippen LogP contribution in [0.3, 0.4) is 0 Å². The zero-order valence-electron chi connectivity index (χ0n) is 12.8. The van der Waals surface area contributed by atoms with Crippen LogP contribution in [0.2, 0.25) is 0 Å². The molecule has 1 atom stereocenters. The Morgan fingerprint density at radius 1 is 1.18 bits per heavy atom. The quantitative estimate of drug-likeness (QED) is 0.884. The van der Waals surface area contributed by atoms with Crippen molar-refractivity contribution in [3.8, 4) is 5.75 Å². The molecule has 2 heterocycles. The predicted molar refractivity (Wildman–Crippen MR) is 83.4 cm³/mol. The molecule has 0 spiro atoms. The lowest BCUT2D eigenvalue weighted by atomic mass is 9.97. The number of ether oxygens (including phenoxy) is 1. The van der Waals surface area contributed by atoms with Crippen LogP contribution in [0.15, 0.2) is 30.3 Å². The predicted octanol–water partition coefficient (Wildman–Crippen LogP) is 2.03. The minimum absolute atomic E-state index is 0.358. The van der Waals surface area contributed by atoms with E-state index in [-0.39, 0.29) is 0 Å². The summed E-state index contributed by atoms with van der Waals surface area (Å²) < 4.78 is 5.63. The van der Waals surface area contributed by atoms with Gasteiger partial charge in [-0.25, -0.2) is 0 Å². The van der Waals surface area contributed by atoms with Crippen LogP contribution in [0, 0.1) is 5.92 Å². The summed E-state index contributed by atoms with van der Waals surface area (Å²) in [5.41, 5.74) is 0. The first-order valence-corrected chi connectivity index (χ1v) is 8.05. The van der Waals surface area contributed by atoms with E-state index in [1.807, 2.05) is 30.3 Å². The van der Waals surface area contributed by atoms with Crippen LogP contribution in [0.4, 0.5) is 0 Å². The van der Waals surface area contributed by atoms with Gasteiger partial charge in [0.15, 0.2) is 6.61 Å². The molecule has 0 amide bonds. The Balaban J connectivity index is 1.44. The van der Waals surface area contributed by atoms with Gasteiger partial charge in [-0.2, -0.15) is 4.80 Å². The highest BCUT2D eigenvalue weighted by atomic mass is 16.5. The van der Waals surface area contributed by atoms with E-state index < -0.39 is 0 Å². The summed E-state index contributed by atoms with van der Waals surface area (Å²) in [6.07, 6.45) is 4.94. The largest absolute Gasteiger partial charge is 0.485 e. The Kier molecular flexibility index (Phi) is 5.37. The van der Waals surface area contributed by atoms with Crippen LogP contribution in [0.25, 0.3) is 0 Å². The molecule has 1 fully saturated rings. The van der Waals surface area contributed by atoms with E-state index >= 15 is 0 Å². The van der Waals surface area contributed by atoms with Gasteiger partial charge in [-0.05, 0) is 62.0 Å². The van der Waals surface area contributed by atoms with Crippen LogP contribution in [-0.4, -0.2) is 33.3 Å². The summed E-state index contributed by atoms with van der Waals surface area (Å²) in [5.74, 6) is 2.22. The minimum atomic E-state index is 0.358. The number of aromatic nitrogens is 4. The number of aryl methyl sites for hydroxylation is 1. The van der Waals surface area contributed by atoms with Crippen molar-refractivity contribution in [2.45, 2.75) is 38.8 Å². The van der Waals surface area contributed by atoms with Crippen LogP contribution >= 0.6 is 0 Å². The van der Waals surface area contributed by atoms with E-state index in [2.05, 4.69) is 20.7 Å². The third-order valence-corrected chi connectivity index (χ3v) is 4.04. The van der Waals surface area contributed by atoms with E-state index in [1.54, 1.807) is 4.80 Å². The van der Waals surface area contributed by atoms with Crippen LogP contribution in [-0.2, 0) is 13.2 Å². The molecule has 0 radical (unpaired) electrons. The van der Waals surface area contributed by atoms with Crippen molar-refractivity contribution >= 4 is 0 Å². The maximum absolute atomic E-state index is 5.63. The van der Waals surface area contributed by atoms with E-state index in [1.165, 1.54) is 19.3 Å². The number of nitrogens with one attached hydrogen (secondary N) is 1. The van der Waals surface area contributed by atoms with Gasteiger partial charge in [0.2, 0.25) is 5.82 Å². The molecule has 0 aliphatic carbocycles. The van der Waals surface area contributed by atoms with Gasteiger partial charge in [0, 0.05) is 0 Å². The fourth-order valence-corrected chi connectivity index (χ4v) is 2.77. The lowest BCUT2D eigenvalue weighted by Crippen LogP contribution is -2.14. The van der Waals surface area contributed by atoms with Crippen molar-refractivity contribution in [3.63, 3.8) is 0 Å². The standard InChI is InChI=1S/C16H23N5O/c1-2-6-15(7-3-1)22-13-16-18-20-21(19-16)12-9-14-5-4-10-17-11-8-14/h1-3,6-7,14,17H,4-5,8-13H2. The molecule has 1 aliphatic heterocycles. The molecule has 6 heteroatoms. The Hall–Kier alpha value is -1.95. The molecule has 1 unspecified atom stereocenters. The number of hydrogen-bond donors (Lipinski definition) is 1. The van der Waals surface area contributed by atoms with Crippen molar-refractivity contribution in [3.05, 3.63) is 36.2 Å². The first-order valence-electron chi connectivity index (χ1n) is 8.05. The zero-order chi connectivity index (χ0) is 15.0. The molecule has 6 nitrogen and oxygen atoms in total. The van der Waals surface area contributed by atoms with Crippen LogP contribution in [0.1, 0.15) is 31.5 Å². The second-order valence-electron chi connectivity index (χ2n) is 5.74. The fourth-order valence-electron chi connectivity index (χ4n) is 2.77. The third kappa shape index (κ3) is 4.53. The van der Waals surface area contributed by atoms with Gasteiger partial charge in [-0.1, -0.05) is 18.2 Å². The molecule has 118 valence electrons. The SMILES string of the molecule is c1ccc(OCc2nnn(CCC3CCCNCC3)n2)cc1. The first-order chi connectivity index (χ1) is 10.9. The highest BCUT2D eigenvalue weighted by Crippen LogP contribution is 2.17. The molecule has 1 aliphatic rings. The molecule has 1 N–H and O–H groups in total. The number of para-hydroxylation sites is 1. The molecule has 1 saturated heterocycles. The van der Waals surface area contributed by atoms with Crippen molar-refractivity contribution in [2.24, 2.45) is 5.92 Å². The number of rotatable bonds is 6. The second kappa shape index (κ2) is 7.89. The topological polar surface area (TPSA) is 64.9 Å². The summed E-state index contributed by atoms with van der Waals surface area (Å²) in [7, 11) is 0. The summed E-state index contributed by atoms with van der Waals surface area (Å²) in [5, 5.41) is 16.0. The van der Waals surface area contributed by atoms with Gasteiger partial charge >= 0.3 is 0 Å². The molecule has 3 rings (SSSR count). The van der Waals surface area contributed by atoms with Gasteiger partial charge in [0.25, 0.3) is 0 Å². The normalized spacial score (nSPS) is 18.8. The summed E-state index contributed by atoms with van der Waals surface area (Å²) in [4.78, 5) is 1.70. The number of hydrogen-bond acceptors (Lipinski definition) is 5. The Labute approximate surface area is 130 Å². The monoisotopic (exact) mass is 301 g/mol. The van der Waals surface area contributed by atoms with E-state index in [4.69, 9.17) is 4.74 Å². The van der Waals surface area contributed by atoms with Crippen molar-refractivity contribution in [1.82, 2.24) is 25.5 Å². The molecule has 0 saturated carbocycles. The molecule has 2 aromatic rings. The average molecular weight is 301 g/mol. The Morgan fingerprint density at radius 2 is 2.09 bits per heavy atom. The van der Waals surface area contributed by atoms with Gasteiger partial charge in [0.1, 0.15) is 5.75 Å². The Bertz CT molecular complexity index is 549. The van der Waals surface area contributed by atoms with Crippen LogP contribution in [0.5, 0.6) is 5.75 Å². The fraction of sp³-hybridized carbons (Fsp3) is 0.562. The van der Waals surface area contributed by atoms with E-state index in [0.29, 0.717) is 12.4 Å². The average Bonchev–Trinajstić information content (AvgIpc) is 2.85. The third-order valence-electron chi connectivity index (χ3n) is 4.04. The van der Waals surface area contributed by atoms with Crippen LogP contribution < -0.4 is 10.1 Å². The maximum Gasteiger partial charge on any atom is 0.212 e. The lowest BCUT2D eigenvalue weighted by molar-refractivity contribution is 0.294. The summed E-state index contributed by atoms with van der Waals surface area (Å²) >= 11 is 0. The highest BCUT2D eigenvalue weighted by molar-refractivity contribution is 5.20. The Morgan fingerprint density at radius 3 is 3.00 bits per heavy atom. The smallest absolute Gasteiger partial charge is 0.212 e.